The Balaban J connectivity index is 2.57. The predicted molar refractivity (Wildman–Crippen MR) is 66.1 cm³/mol. The van der Waals surface area contributed by atoms with E-state index >= 15 is 0 Å². The maximum Gasteiger partial charge on any atom is 0.141 e. The predicted octanol–water partition coefficient (Wildman–Crippen LogP) is 3.99. The molecule has 0 aliphatic carbocycles. The topological polar surface area (TPSA) is 26.0 Å². The first kappa shape index (κ1) is 10.7. The van der Waals surface area contributed by atoms with Gasteiger partial charge in [0, 0.05) is 5.56 Å². The first-order chi connectivity index (χ1) is 7.59. The van der Waals surface area contributed by atoms with Crippen molar-refractivity contribution in [1.82, 2.24) is 5.16 Å². The Labute approximate surface area is 95.6 Å². The summed E-state index contributed by atoms with van der Waals surface area (Å²) in [5.74, 6) is 0.858. The summed E-state index contributed by atoms with van der Waals surface area (Å²) in [6.45, 7) is 9.85. The normalized spacial score (nSPS) is 10.4. The molecule has 2 rings (SSSR count). The molecule has 0 radical (unpaired) electrons. The third-order valence-corrected chi connectivity index (χ3v) is 2.68. The van der Waals surface area contributed by atoms with E-state index in [9.17, 15) is 0 Å². The van der Waals surface area contributed by atoms with Crippen molar-refractivity contribution in [1.29, 1.82) is 0 Å². The second-order valence-electron chi connectivity index (χ2n) is 4.06. The van der Waals surface area contributed by atoms with Gasteiger partial charge in [0.15, 0.2) is 0 Å². The van der Waals surface area contributed by atoms with Gasteiger partial charge in [-0.2, -0.15) is 0 Å². The highest BCUT2D eigenvalue weighted by molar-refractivity contribution is 5.73. The smallest absolute Gasteiger partial charge is 0.141 e. The van der Waals surface area contributed by atoms with Crippen LogP contribution in [0.3, 0.4) is 0 Å². The lowest BCUT2D eigenvalue weighted by molar-refractivity contribution is 0.393. The van der Waals surface area contributed by atoms with E-state index in [0.29, 0.717) is 0 Å². The molecular weight excluding hydrogens is 198 g/mol. The zero-order valence-electron chi connectivity index (χ0n) is 9.87. The van der Waals surface area contributed by atoms with Gasteiger partial charge in [0.25, 0.3) is 0 Å². The molecule has 0 saturated carbocycles. The van der Waals surface area contributed by atoms with Crippen molar-refractivity contribution in [3.8, 4) is 11.1 Å². The quantitative estimate of drug-likeness (QED) is 0.753. The molecule has 0 fully saturated rings. The number of hydrogen-bond donors (Lipinski definition) is 0. The number of allylic oxidation sites excluding steroid dienone is 1. The molecular formula is C14H15NO. The lowest BCUT2D eigenvalue weighted by Crippen LogP contribution is -1.84. The van der Waals surface area contributed by atoms with Crippen molar-refractivity contribution in [2.75, 3.05) is 0 Å². The molecule has 0 aliphatic rings. The molecule has 0 aliphatic heterocycles. The number of nitrogens with zero attached hydrogens (tertiary/aromatic N) is 1. The van der Waals surface area contributed by atoms with Crippen LogP contribution in [0, 0.1) is 13.8 Å². The molecule has 16 heavy (non-hydrogen) atoms. The fraction of sp³-hybridized carbons (Fsp3) is 0.214. The van der Waals surface area contributed by atoms with Gasteiger partial charge in [0.05, 0.1) is 5.69 Å². The third kappa shape index (κ3) is 1.78. The van der Waals surface area contributed by atoms with Gasteiger partial charge in [-0.3, -0.25) is 0 Å². The Kier molecular flexibility index (Phi) is 2.65. The van der Waals surface area contributed by atoms with Gasteiger partial charge < -0.3 is 4.52 Å². The summed E-state index contributed by atoms with van der Waals surface area (Å²) >= 11 is 0. The van der Waals surface area contributed by atoms with Gasteiger partial charge >= 0.3 is 0 Å². The van der Waals surface area contributed by atoms with Gasteiger partial charge in [-0.05, 0) is 38.0 Å². The zero-order chi connectivity index (χ0) is 11.7. The standard InChI is InChI=1S/C14H15NO/c1-9(2)12-6-5-7-13(8-12)14-10(3)15-16-11(14)4/h5-8H,1H2,2-4H3. The molecule has 1 aromatic heterocycles. The second-order valence-corrected chi connectivity index (χ2v) is 4.06. The number of hydrogen-bond acceptors (Lipinski definition) is 2. The molecule has 0 spiro atoms. The van der Waals surface area contributed by atoms with Crippen LogP contribution < -0.4 is 0 Å². The number of aryl methyl sites for hydroxylation is 2. The van der Waals surface area contributed by atoms with E-state index in [1.165, 1.54) is 0 Å². The fourth-order valence-corrected chi connectivity index (χ4v) is 1.84. The molecule has 2 nitrogen and oxygen atoms in total. The Hall–Kier alpha value is -1.83. The number of rotatable bonds is 2. The Morgan fingerprint density at radius 2 is 2.06 bits per heavy atom. The largest absolute Gasteiger partial charge is 0.361 e. The fourth-order valence-electron chi connectivity index (χ4n) is 1.84. The van der Waals surface area contributed by atoms with E-state index in [-0.39, 0.29) is 0 Å². The molecule has 82 valence electrons. The van der Waals surface area contributed by atoms with E-state index in [1.54, 1.807) is 0 Å². The maximum absolute atomic E-state index is 5.18. The summed E-state index contributed by atoms with van der Waals surface area (Å²) in [7, 11) is 0. The van der Waals surface area contributed by atoms with Crippen LogP contribution in [-0.2, 0) is 0 Å². The highest BCUT2D eigenvalue weighted by Crippen LogP contribution is 2.28. The lowest BCUT2D eigenvalue weighted by atomic mass is 9.99. The van der Waals surface area contributed by atoms with E-state index < -0.39 is 0 Å². The molecule has 2 heteroatoms. The molecule has 0 unspecified atom stereocenters. The third-order valence-electron chi connectivity index (χ3n) is 2.68. The van der Waals surface area contributed by atoms with Crippen molar-refractivity contribution >= 4 is 5.57 Å². The lowest BCUT2D eigenvalue weighted by Gasteiger charge is -2.04. The van der Waals surface area contributed by atoms with Crippen LogP contribution in [0.15, 0.2) is 35.4 Å². The molecule has 0 bridgehead atoms. The monoisotopic (exact) mass is 213 g/mol. The summed E-state index contributed by atoms with van der Waals surface area (Å²) in [5, 5.41) is 3.97. The van der Waals surface area contributed by atoms with Gasteiger partial charge in [-0.15, -0.1) is 0 Å². The molecule has 0 amide bonds. The number of aromatic nitrogens is 1. The maximum atomic E-state index is 5.18. The van der Waals surface area contributed by atoms with Crippen molar-refractivity contribution in [2.24, 2.45) is 0 Å². The Bertz CT molecular complexity index is 518. The first-order valence-corrected chi connectivity index (χ1v) is 5.29. The minimum absolute atomic E-state index is 0.858. The Morgan fingerprint density at radius 1 is 1.31 bits per heavy atom. The van der Waals surface area contributed by atoms with Crippen LogP contribution in [0.2, 0.25) is 0 Å². The summed E-state index contributed by atoms with van der Waals surface area (Å²) < 4.78 is 5.18. The van der Waals surface area contributed by atoms with Crippen LogP contribution in [-0.4, -0.2) is 5.16 Å². The molecule has 1 heterocycles. The minimum atomic E-state index is 0.858. The highest BCUT2D eigenvalue weighted by atomic mass is 16.5. The molecule has 2 aromatic rings. The van der Waals surface area contributed by atoms with Gasteiger partial charge in [0.2, 0.25) is 0 Å². The van der Waals surface area contributed by atoms with Crippen molar-refractivity contribution < 1.29 is 4.52 Å². The molecule has 0 N–H and O–H groups in total. The highest BCUT2D eigenvalue weighted by Gasteiger charge is 2.11. The van der Waals surface area contributed by atoms with Crippen LogP contribution in [0.25, 0.3) is 16.7 Å². The molecule has 0 atom stereocenters. The summed E-state index contributed by atoms with van der Waals surface area (Å²) in [6, 6.07) is 8.28. The van der Waals surface area contributed by atoms with E-state index in [1.807, 2.05) is 26.8 Å². The van der Waals surface area contributed by atoms with Gasteiger partial charge in [0.1, 0.15) is 5.76 Å². The van der Waals surface area contributed by atoms with Gasteiger partial charge in [-0.25, -0.2) is 0 Å². The summed E-state index contributed by atoms with van der Waals surface area (Å²) in [6.07, 6.45) is 0. The number of benzene rings is 1. The zero-order valence-corrected chi connectivity index (χ0v) is 9.87. The summed E-state index contributed by atoms with van der Waals surface area (Å²) in [5.41, 5.74) is 5.36. The van der Waals surface area contributed by atoms with Crippen LogP contribution in [0.1, 0.15) is 23.9 Å². The second kappa shape index (κ2) is 3.97. The van der Waals surface area contributed by atoms with E-state index in [0.717, 1.165) is 33.7 Å². The average Bonchev–Trinajstić information content (AvgIpc) is 2.59. The van der Waals surface area contributed by atoms with Crippen LogP contribution in [0.4, 0.5) is 0 Å². The van der Waals surface area contributed by atoms with Crippen molar-refractivity contribution in [3.63, 3.8) is 0 Å². The van der Waals surface area contributed by atoms with Crippen molar-refractivity contribution in [3.05, 3.63) is 47.9 Å². The van der Waals surface area contributed by atoms with Gasteiger partial charge in [-0.1, -0.05) is 35.5 Å². The molecule has 0 saturated heterocycles. The van der Waals surface area contributed by atoms with Crippen molar-refractivity contribution in [2.45, 2.75) is 20.8 Å². The van der Waals surface area contributed by atoms with Crippen LogP contribution >= 0.6 is 0 Å². The molecule has 1 aromatic carbocycles. The minimum Gasteiger partial charge on any atom is -0.361 e. The Morgan fingerprint density at radius 3 is 2.62 bits per heavy atom. The summed E-state index contributed by atoms with van der Waals surface area (Å²) in [4.78, 5) is 0. The van der Waals surface area contributed by atoms with E-state index in [4.69, 9.17) is 4.52 Å². The van der Waals surface area contributed by atoms with E-state index in [2.05, 4.69) is 29.9 Å². The van der Waals surface area contributed by atoms with Crippen LogP contribution in [0.5, 0.6) is 0 Å². The average molecular weight is 213 g/mol. The SMILES string of the molecule is C=C(C)c1cccc(-c2c(C)noc2C)c1. The first-order valence-electron chi connectivity index (χ1n) is 5.29.